The van der Waals surface area contributed by atoms with Crippen molar-refractivity contribution in [3.63, 3.8) is 0 Å². The first-order chi connectivity index (χ1) is 9.40. The van der Waals surface area contributed by atoms with Crippen LogP contribution in [0.15, 0.2) is 24.3 Å². The fourth-order valence-corrected chi connectivity index (χ4v) is 1.83. The molecule has 21 heavy (non-hydrogen) atoms. The molecule has 0 aliphatic heterocycles. The van der Waals surface area contributed by atoms with E-state index in [0.717, 1.165) is 0 Å². The van der Waals surface area contributed by atoms with Gasteiger partial charge in [0.05, 0.1) is 12.6 Å². The van der Waals surface area contributed by atoms with Gasteiger partial charge in [0.25, 0.3) is 0 Å². The molecule has 1 atom stereocenters. The Labute approximate surface area is 131 Å². The lowest BCUT2D eigenvalue weighted by molar-refractivity contribution is -0.131. The van der Waals surface area contributed by atoms with E-state index in [-0.39, 0.29) is 24.1 Å². The Balaban J connectivity index is 0.00000400. The number of carbonyl (C=O) groups is 1. The van der Waals surface area contributed by atoms with E-state index in [4.69, 9.17) is 10.5 Å². The van der Waals surface area contributed by atoms with Crippen LogP contribution >= 0.6 is 12.4 Å². The molecule has 0 radical (unpaired) electrons. The summed E-state index contributed by atoms with van der Waals surface area (Å²) in [5.41, 5.74) is 5.84. The van der Waals surface area contributed by atoms with Gasteiger partial charge in [-0.05, 0) is 36.6 Å². The van der Waals surface area contributed by atoms with Crippen molar-refractivity contribution in [3.05, 3.63) is 30.1 Å². The molecule has 0 aliphatic carbocycles. The van der Waals surface area contributed by atoms with Gasteiger partial charge in [0, 0.05) is 7.05 Å². The maximum absolute atomic E-state index is 12.7. The second-order valence-electron chi connectivity index (χ2n) is 5.30. The molecule has 0 aromatic heterocycles. The molecule has 1 rings (SSSR count). The predicted octanol–water partition coefficient (Wildman–Crippen LogP) is 2.46. The Morgan fingerprint density at radius 2 is 1.90 bits per heavy atom. The molecule has 0 heterocycles. The minimum atomic E-state index is -0.467. The van der Waals surface area contributed by atoms with Gasteiger partial charge in [0.1, 0.15) is 18.2 Å². The SMILES string of the molecule is CC(C)C[C@H](N)C(=O)N(C)CCOc1ccc(F)cc1.Cl. The van der Waals surface area contributed by atoms with Gasteiger partial charge in [-0.1, -0.05) is 13.8 Å². The first kappa shape index (κ1) is 19.7. The quantitative estimate of drug-likeness (QED) is 0.840. The average molecular weight is 319 g/mol. The summed E-state index contributed by atoms with van der Waals surface area (Å²) >= 11 is 0. The highest BCUT2D eigenvalue weighted by atomic mass is 35.5. The average Bonchev–Trinajstić information content (AvgIpc) is 2.39. The maximum atomic E-state index is 12.7. The lowest BCUT2D eigenvalue weighted by Crippen LogP contribution is -2.43. The summed E-state index contributed by atoms with van der Waals surface area (Å²) in [5, 5.41) is 0. The number of halogens is 2. The molecular weight excluding hydrogens is 295 g/mol. The third-order valence-corrected chi connectivity index (χ3v) is 2.93. The first-order valence-corrected chi connectivity index (χ1v) is 6.79. The van der Waals surface area contributed by atoms with Gasteiger partial charge in [-0.15, -0.1) is 12.4 Å². The molecule has 0 saturated carbocycles. The number of nitrogens with two attached hydrogens (primary N) is 1. The number of rotatable bonds is 7. The van der Waals surface area contributed by atoms with Crippen LogP contribution in [-0.4, -0.2) is 37.0 Å². The van der Waals surface area contributed by atoms with Crippen LogP contribution in [-0.2, 0) is 4.79 Å². The molecule has 2 N–H and O–H groups in total. The summed E-state index contributed by atoms with van der Waals surface area (Å²) in [7, 11) is 1.70. The molecular formula is C15H24ClFN2O2. The summed E-state index contributed by atoms with van der Waals surface area (Å²) in [6.07, 6.45) is 0.669. The highest BCUT2D eigenvalue weighted by Crippen LogP contribution is 2.11. The number of carbonyl (C=O) groups excluding carboxylic acids is 1. The van der Waals surface area contributed by atoms with Crippen molar-refractivity contribution in [1.29, 1.82) is 0 Å². The normalized spacial score (nSPS) is 11.7. The van der Waals surface area contributed by atoms with Crippen LogP contribution in [0.25, 0.3) is 0 Å². The van der Waals surface area contributed by atoms with E-state index in [2.05, 4.69) is 0 Å². The van der Waals surface area contributed by atoms with Crippen molar-refractivity contribution >= 4 is 18.3 Å². The van der Waals surface area contributed by atoms with Crippen LogP contribution in [0.1, 0.15) is 20.3 Å². The molecule has 0 spiro atoms. The van der Waals surface area contributed by atoms with Gasteiger partial charge in [0.15, 0.2) is 0 Å². The van der Waals surface area contributed by atoms with Crippen molar-refractivity contribution in [2.24, 2.45) is 11.7 Å². The van der Waals surface area contributed by atoms with Gasteiger partial charge >= 0.3 is 0 Å². The second kappa shape index (κ2) is 9.58. The Bertz CT molecular complexity index is 426. The minimum Gasteiger partial charge on any atom is -0.492 e. The largest absolute Gasteiger partial charge is 0.492 e. The van der Waals surface area contributed by atoms with E-state index >= 15 is 0 Å². The summed E-state index contributed by atoms with van der Waals surface area (Å²) < 4.78 is 18.2. The Morgan fingerprint density at radius 3 is 2.43 bits per heavy atom. The molecule has 0 bridgehead atoms. The Hall–Kier alpha value is -1.33. The summed E-state index contributed by atoms with van der Waals surface area (Å²) in [6, 6.07) is 5.32. The second-order valence-corrected chi connectivity index (χ2v) is 5.30. The van der Waals surface area contributed by atoms with Gasteiger partial charge < -0.3 is 15.4 Å². The monoisotopic (exact) mass is 318 g/mol. The number of hydrogen-bond acceptors (Lipinski definition) is 3. The third-order valence-electron chi connectivity index (χ3n) is 2.93. The van der Waals surface area contributed by atoms with E-state index in [1.165, 1.54) is 12.1 Å². The van der Waals surface area contributed by atoms with Crippen LogP contribution in [0.4, 0.5) is 4.39 Å². The predicted molar refractivity (Wildman–Crippen MR) is 84.2 cm³/mol. The first-order valence-electron chi connectivity index (χ1n) is 6.79. The minimum absolute atomic E-state index is 0. The fourth-order valence-electron chi connectivity index (χ4n) is 1.83. The topological polar surface area (TPSA) is 55.6 Å². The number of ether oxygens (including phenoxy) is 1. The molecule has 1 amide bonds. The summed E-state index contributed by atoms with van der Waals surface area (Å²) in [6.45, 7) is 4.86. The van der Waals surface area contributed by atoms with Crippen molar-refractivity contribution in [2.75, 3.05) is 20.2 Å². The van der Waals surface area contributed by atoms with Gasteiger partial charge in [-0.3, -0.25) is 4.79 Å². The van der Waals surface area contributed by atoms with E-state index in [9.17, 15) is 9.18 Å². The molecule has 6 heteroatoms. The number of hydrogen-bond donors (Lipinski definition) is 1. The third kappa shape index (κ3) is 7.29. The number of benzene rings is 1. The van der Waals surface area contributed by atoms with E-state index in [0.29, 0.717) is 31.2 Å². The Morgan fingerprint density at radius 1 is 1.33 bits per heavy atom. The van der Waals surface area contributed by atoms with E-state index in [1.807, 2.05) is 13.8 Å². The number of amides is 1. The maximum Gasteiger partial charge on any atom is 0.239 e. The number of nitrogens with zero attached hydrogens (tertiary/aromatic N) is 1. The molecule has 0 unspecified atom stereocenters. The van der Waals surface area contributed by atoms with Gasteiger partial charge in [-0.25, -0.2) is 4.39 Å². The van der Waals surface area contributed by atoms with Crippen LogP contribution < -0.4 is 10.5 Å². The molecule has 1 aromatic carbocycles. The smallest absolute Gasteiger partial charge is 0.239 e. The molecule has 0 aliphatic rings. The van der Waals surface area contributed by atoms with Crippen LogP contribution in [0.3, 0.4) is 0 Å². The zero-order valence-electron chi connectivity index (χ0n) is 12.7. The van der Waals surface area contributed by atoms with Crippen molar-refractivity contribution < 1.29 is 13.9 Å². The molecule has 1 aromatic rings. The standard InChI is InChI=1S/C15H23FN2O2.ClH/c1-11(2)10-14(17)15(19)18(3)8-9-20-13-6-4-12(16)5-7-13;/h4-7,11,14H,8-10,17H2,1-3H3;1H/t14-;/m0./s1. The van der Waals surface area contributed by atoms with Crippen molar-refractivity contribution in [1.82, 2.24) is 4.90 Å². The van der Waals surface area contributed by atoms with Gasteiger partial charge in [0.2, 0.25) is 5.91 Å². The Kier molecular flexibility index (Phi) is 8.97. The summed E-state index contributed by atoms with van der Waals surface area (Å²) in [5.74, 6) is 0.585. The van der Waals surface area contributed by atoms with Crippen LogP contribution in [0.5, 0.6) is 5.75 Å². The highest BCUT2D eigenvalue weighted by molar-refractivity contribution is 5.85. The summed E-state index contributed by atoms with van der Waals surface area (Å²) in [4.78, 5) is 13.5. The van der Waals surface area contributed by atoms with Gasteiger partial charge in [-0.2, -0.15) is 0 Å². The fraction of sp³-hybridized carbons (Fsp3) is 0.533. The lowest BCUT2D eigenvalue weighted by atomic mass is 10.0. The van der Waals surface area contributed by atoms with Crippen LogP contribution in [0, 0.1) is 11.7 Å². The lowest BCUT2D eigenvalue weighted by Gasteiger charge is -2.22. The van der Waals surface area contributed by atoms with Crippen molar-refractivity contribution in [2.45, 2.75) is 26.3 Å². The number of likely N-dealkylation sites (N-methyl/N-ethyl adjacent to an activating group) is 1. The van der Waals surface area contributed by atoms with E-state index < -0.39 is 6.04 Å². The molecule has 4 nitrogen and oxygen atoms in total. The zero-order valence-corrected chi connectivity index (χ0v) is 13.5. The van der Waals surface area contributed by atoms with Crippen molar-refractivity contribution in [3.8, 4) is 5.75 Å². The molecule has 120 valence electrons. The van der Waals surface area contributed by atoms with E-state index in [1.54, 1.807) is 24.1 Å². The molecule has 0 saturated heterocycles. The van der Waals surface area contributed by atoms with Crippen LogP contribution in [0.2, 0.25) is 0 Å². The molecule has 0 fully saturated rings. The zero-order chi connectivity index (χ0) is 15.1. The highest BCUT2D eigenvalue weighted by Gasteiger charge is 2.18.